The molecule has 4 heteroatoms. The molecule has 0 aliphatic rings. The van der Waals surface area contributed by atoms with Crippen LogP contribution in [-0.4, -0.2) is 18.0 Å². The molecule has 1 aromatic heterocycles. The fraction of sp³-hybridized carbons (Fsp3) is 0.143. The van der Waals surface area contributed by atoms with E-state index in [0.717, 1.165) is 0 Å². The molecule has 0 aliphatic heterocycles. The molecule has 58 valence electrons. The number of hydrogen-bond donors (Lipinski definition) is 1. The van der Waals surface area contributed by atoms with E-state index in [2.05, 4.69) is 4.98 Å². The topological polar surface area (TPSA) is 65.2 Å². The first-order valence-electron chi connectivity index (χ1n) is 3.03. The Morgan fingerprint density at radius 1 is 1.73 bits per heavy atom. The molecule has 0 saturated heterocycles. The van der Waals surface area contributed by atoms with Crippen LogP contribution >= 0.6 is 0 Å². The zero-order valence-electron chi connectivity index (χ0n) is 6.07. The number of hydrogen-bond acceptors (Lipinski definition) is 3. The normalized spacial score (nSPS) is 9.18. The number of methoxy groups -OCH3 is 1. The third kappa shape index (κ3) is 1.46. The molecule has 0 unspecified atom stereocenters. The summed E-state index contributed by atoms with van der Waals surface area (Å²) in [7, 11) is 1.47. The zero-order chi connectivity index (χ0) is 8.27. The molecule has 4 nitrogen and oxygen atoms in total. The molecule has 1 aromatic rings. The lowest BCUT2D eigenvalue weighted by Crippen LogP contribution is -2.12. The van der Waals surface area contributed by atoms with E-state index in [1.807, 2.05) is 0 Å². The number of ether oxygens (including phenoxy) is 1. The largest absolute Gasteiger partial charge is 0.496 e. The number of nitrogens with zero attached hydrogens (tertiary/aromatic N) is 1. The minimum atomic E-state index is -0.532. The summed E-state index contributed by atoms with van der Waals surface area (Å²) < 4.78 is 4.87. The number of carbonyl (C=O) groups is 1. The van der Waals surface area contributed by atoms with Crippen LogP contribution in [0.2, 0.25) is 0 Å². The van der Waals surface area contributed by atoms with E-state index in [1.54, 1.807) is 6.07 Å². The Balaban J connectivity index is 3.12. The van der Waals surface area contributed by atoms with Crippen LogP contribution in [0.25, 0.3) is 0 Å². The van der Waals surface area contributed by atoms with Crippen molar-refractivity contribution in [2.75, 3.05) is 7.11 Å². The molecule has 0 aromatic carbocycles. The van der Waals surface area contributed by atoms with Gasteiger partial charge in [0, 0.05) is 12.4 Å². The predicted octanol–water partition coefficient (Wildman–Crippen LogP) is 0.189. The smallest absolute Gasteiger partial charge is 0.254 e. The predicted molar refractivity (Wildman–Crippen MR) is 39.3 cm³/mol. The van der Waals surface area contributed by atoms with Crippen molar-refractivity contribution < 1.29 is 9.53 Å². The number of carbonyl (C=O) groups excluding carboxylic acids is 1. The Morgan fingerprint density at radius 3 is 2.91 bits per heavy atom. The SMILES string of the molecule is COc1ccncc1C(N)=O. The number of primary amides is 1. The lowest BCUT2D eigenvalue weighted by atomic mass is 10.2. The highest BCUT2D eigenvalue weighted by Gasteiger charge is 2.06. The molecule has 1 heterocycles. The second-order valence-corrected chi connectivity index (χ2v) is 1.94. The van der Waals surface area contributed by atoms with Crippen LogP contribution in [0.15, 0.2) is 18.5 Å². The first-order valence-corrected chi connectivity index (χ1v) is 3.03. The van der Waals surface area contributed by atoms with Gasteiger partial charge < -0.3 is 10.5 Å². The zero-order valence-corrected chi connectivity index (χ0v) is 6.07. The number of pyridine rings is 1. The van der Waals surface area contributed by atoms with Gasteiger partial charge in [-0.05, 0) is 6.07 Å². The molecule has 0 radical (unpaired) electrons. The molecule has 0 fully saturated rings. The first-order chi connectivity index (χ1) is 5.25. The second-order valence-electron chi connectivity index (χ2n) is 1.94. The Morgan fingerprint density at radius 2 is 2.45 bits per heavy atom. The van der Waals surface area contributed by atoms with Crippen molar-refractivity contribution in [3.05, 3.63) is 24.0 Å². The van der Waals surface area contributed by atoms with E-state index in [0.29, 0.717) is 11.3 Å². The van der Waals surface area contributed by atoms with Gasteiger partial charge in [0.25, 0.3) is 5.91 Å². The van der Waals surface area contributed by atoms with Gasteiger partial charge in [0.05, 0.1) is 12.7 Å². The molecule has 0 aliphatic carbocycles. The van der Waals surface area contributed by atoms with Gasteiger partial charge in [-0.25, -0.2) is 0 Å². The molecular weight excluding hydrogens is 144 g/mol. The maximum absolute atomic E-state index is 10.7. The van der Waals surface area contributed by atoms with Crippen molar-refractivity contribution in [1.29, 1.82) is 0 Å². The fourth-order valence-electron chi connectivity index (χ4n) is 0.745. The minimum absolute atomic E-state index is 0.301. The monoisotopic (exact) mass is 152 g/mol. The number of nitrogens with two attached hydrogens (primary N) is 1. The maximum atomic E-state index is 10.7. The molecule has 1 rings (SSSR count). The molecule has 1 amide bonds. The van der Waals surface area contributed by atoms with E-state index >= 15 is 0 Å². The average molecular weight is 152 g/mol. The molecule has 0 saturated carbocycles. The highest BCUT2D eigenvalue weighted by molar-refractivity contribution is 5.95. The molecular formula is C7H8N2O2. The lowest BCUT2D eigenvalue weighted by molar-refractivity contribution is 0.0997. The van der Waals surface area contributed by atoms with E-state index in [-0.39, 0.29) is 0 Å². The molecule has 0 spiro atoms. The van der Waals surface area contributed by atoms with Crippen LogP contribution in [0, 0.1) is 0 Å². The van der Waals surface area contributed by atoms with Crippen LogP contribution in [0.3, 0.4) is 0 Å². The number of rotatable bonds is 2. The van der Waals surface area contributed by atoms with Crippen molar-refractivity contribution in [3.63, 3.8) is 0 Å². The number of amides is 1. The van der Waals surface area contributed by atoms with Crippen molar-refractivity contribution in [2.45, 2.75) is 0 Å². The van der Waals surface area contributed by atoms with Gasteiger partial charge in [-0.15, -0.1) is 0 Å². The van der Waals surface area contributed by atoms with Crippen LogP contribution in [0.1, 0.15) is 10.4 Å². The van der Waals surface area contributed by atoms with Crippen molar-refractivity contribution in [2.24, 2.45) is 5.73 Å². The van der Waals surface area contributed by atoms with Crippen LogP contribution in [0.5, 0.6) is 5.75 Å². The summed E-state index contributed by atoms with van der Waals surface area (Å²) in [6.07, 6.45) is 2.91. The van der Waals surface area contributed by atoms with Gasteiger partial charge >= 0.3 is 0 Å². The minimum Gasteiger partial charge on any atom is -0.496 e. The summed E-state index contributed by atoms with van der Waals surface area (Å²) in [6, 6.07) is 1.58. The highest BCUT2D eigenvalue weighted by Crippen LogP contribution is 2.14. The molecule has 11 heavy (non-hydrogen) atoms. The van der Waals surface area contributed by atoms with Gasteiger partial charge in [-0.1, -0.05) is 0 Å². The van der Waals surface area contributed by atoms with Crippen molar-refractivity contribution in [1.82, 2.24) is 4.98 Å². The first kappa shape index (κ1) is 7.53. The summed E-state index contributed by atoms with van der Waals surface area (Å²) in [4.78, 5) is 14.4. The van der Waals surface area contributed by atoms with Crippen molar-refractivity contribution in [3.8, 4) is 5.75 Å². The Labute approximate surface area is 64.0 Å². The van der Waals surface area contributed by atoms with Gasteiger partial charge in [0.15, 0.2) is 0 Å². The van der Waals surface area contributed by atoms with Crippen LogP contribution < -0.4 is 10.5 Å². The third-order valence-corrected chi connectivity index (χ3v) is 1.27. The Hall–Kier alpha value is -1.58. The number of aromatic nitrogens is 1. The Bertz CT molecular complexity index is 273. The van der Waals surface area contributed by atoms with Crippen LogP contribution in [-0.2, 0) is 0 Å². The summed E-state index contributed by atoms with van der Waals surface area (Å²) in [5.41, 5.74) is 5.33. The van der Waals surface area contributed by atoms with Gasteiger partial charge in [0.1, 0.15) is 5.75 Å². The molecule has 2 N–H and O–H groups in total. The maximum Gasteiger partial charge on any atom is 0.254 e. The average Bonchev–Trinajstić information content (AvgIpc) is 2.04. The lowest BCUT2D eigenvalue weighted by Gasteiger charge is -2.02. The standard InChI is InChI=1S/C7H8N2O2/c1-11-6-2-3-9-4-5(6)7(8)10/h2-4H,1H3,(H2,8,10). The summed E-state index contributed by atoms with van der Waals surface area (Å²) in [5.74, 6) is -0.0811. The van der Waals surface area contributed by atoms with E-state index in [9.17, 15) is 4.79 Å². The van der Waals surface area contributed by atoms with Gasteiger partial charge in [0.2, 0.25) is 0 Å². The van der Waals surface area contributed by atoms with E-state index < -0.39 is 5.91 Å². The Kier molecular flexibility index (Phi) is 2.06. The van der Waals surface area contributed by atoms with Gasteiger partial charge in [-0.2, -0.15) is 0 Å². The van der Waals surface area contributed by atoms with Crippen LogP contribution in [0.4, 0.5) is 0 Å². The fourth-order valence-corrected chi connectivity index (χ4v) is 0.745. The van der Waals surface area contributed by atoms with E-state index in [1.165, 1.54) is 19.5 Å². The summed E-state index contributed by atoms with van der Waals surface area (Å²) in [5, 5.41) is 0. The van der Waals surface area contributed by atoms with E-state index in [4.69, 9.17) is 10.5 Å². The second kappa shape index (κ2) is 3.01. The quantitative estimate of drug-likeness (QED) is 0.657. The summed E-state index contributed by atoms with van der Waals surface area (Å²) >= 11 is 0. The van der Waals surface area contributed by atoms with Gasteiger partial charge in [-0.3, -0.25) is 9.78 Å². The molecule has 0 atom stereocenters. The third-order valence-electron chi connectivity index (χ3n) is 1.27. The van der Waals surface area contributed by atoms with Crippen molar-refractivity contribution >= 4 is 5.91 Å². The molecule has 0 bridgehead atoms. The summed E-state index contributed by atoms with van der Waals surface area (Å²) in [6.45, 7) is 0. The highest BCUT2D eigenvalue weighted by atomic mass is 16.5.